The van der Waals surface area contributed by atoms with Gasteiger partial charge in [0.1, 0.15) is 0 Å². The highest BCUT2D eigenvalue weighted by Gasteiger charge is 2.27. The normalized spacial score (nSPS) is 13.1. The molecule has 0 aromatic carbocycles. The number of alkyl halides is 2. The van der Waals surface area contributed by atoms with Gasteiger partial charge >= 0.3 is 0 Å². The van der Waals surface area contributed by atoms with E-state index in [4.69, 9.17) is 5.11 Å². The minimum Gasteiger partial charge on any atom is -0.395 e. The molecule has 0 radical (unpaired) electrons. The van der Waals surface area contributed by atoms with E-state index < -0.39 is 34.9 Å². The monoisotopic (exact) mass is 231 g/mol. The smallest absolute Gasteiger partial charge is 0.252 e. The van der Waals surface area contributed by atoms with Crippen molar-refractivity contribution in [3.8, 4) is 0 Å². The van der Waals surface area contributed by atoms with E-state index in [2.05, 4.69) is 0 Å². The lowest BCUT2D eigenvalue weighted by molar-refractivity contribution is 0.112. The maximum absolute atomic E-state index is 12.0. The van der Waals surface area contributed by atoms with Crippen molar-refractivity contribution in [3.63, 3.8) is 0 Å². The zero-order chi connectivity index (χ0) is 11.4. The zero-order valence-electron chi connectivity index (χ0n) is 8.15. The van der Waals surface area contributed by atoms with Crippen molar-refractivity contribution in [2.75, 3.05) is 19.7 Å². The maximum Gasteiger partial charge on any atom is 0.252 e. The summed E-state index contributed by atoms with van der Waals surface area (Å²) in [6.07, 6.45) is -2.73. The number of rotatable bonds is 6. The highest BCUT2D eigenvalue weighted by Crippen LogP contribution is 2.10. The van der Waals surface area contributed by atoms with Crippen molar-refractivity contribution >= 4 is 10.0 Å². The zero-order valence-corrected chi connectivity index (χ0v) is 8.97. The van der Waals surface area contributed by atoms with Crippen molar-refractivity contribution in [2.45, 2.75) is 25.5 Å². The number of sulfonamides is 1. The van der Waals surface area contributed by atoms with Crippen LogP contribution in [-0.4, -0.2) is 49.2 Å². The van der Waals surface area contributed by atoms with Gasteiger partial charge in [-0.15, -0.1) is 0 Å². The second-order valence-electron chi connectivity index (χ2n) is 3.07. The van der Waals surface area contributed by atoms with Gasteiger partial charge < -0.3 is 5.11 Å². The van der Waals surface area contributed by atoms with E-state index in [-0.39, 0.29) is 6.54 Å². The van der Waals surface area contributed by atoms with Crippen LogP contribution in [-0.2, 0) is 10.0 Å². The topological polar surface area (TPSA) is 57.6 Å². The third-order valence-corrected chi connectivity index (χ3v) is 3.89. The molecule has 0 heterocycles. The molecule has 0 aliphatic rings. The van der Waals surface area contributed by atoms with Crippen LogP contribution in [0.15, 0.2) is 0 Å². The Hall–Kier alpha value is -0.270. The average molecular weight is 231 g/mol. The lowest BCUT2D eigenvalue weighted by atomic mass is 10.6. The van der Waals surface area contributed by atoms with E-state index in [0.717, 1.165) is 0 Å². The van der Waals surface area contributed by atoms with Crippen LogP contribution in [0.3, 0.4) is 0 Å². The fourth-order valence-corrected chi connectivity index (χ4v) is 2.14. The molecule has 0 atom stereocenters. The second-order valence-corrected chi connectivity index (χ2v) is 5.56. The van der Waals surface area contributed by atoms with Gasteiger partial charge in [0.05, 0.1) is 18.4 Å². The number of hydrogen-bond acceptors (Lipinski definition) is 3. The van der Waals surface area contributed by atoms with E-state index in [1.807, 2.05) is 0 Å². The Morgan fingerprint density at radius 2 is 1.86 bits per heavy atom. The summed E-state index contributed by atoms with van der Waals surface area (Å²) in [5, 5.41) is 7.79. The Morgan fingerprint density at radius 1 is 1.36 bits per heavy atom. The highest BCUT2D eigenvalue weighted by molar-refractivity contribution is 7.89. The van der Waals surface area contributed by atoms with Gasteiger partial charge in [-0.05, 0) is 13.8 Å². The van der Waals surface area contributed by atoms with Gasteiger partial charge in [0.25, 0.3) is 6.43 Å². The summed E-state index contributed by atoms with van der Waals surface area (Å²) >= 11 is 0. The predicted octanol–water partition coefficient (Wildman–Crippen LogP) is 0.284. The van der Waals surface area contributed by atoms with Crippen LogP contribution in [0, 0.1) is 0 Å². The third-order valence-electron chi connectivity index (χ3n) is 1.65. The first-order valence-corrected chi connectivity index (χ1v) is 5.70. The molecule has 0 spiro atoms. The molecule has 0 rings (SSSR count). The fourth-order valence-electron chi connectivity index (χ4n) is 0.886. The Labute approximate surface area is 82.6 Å². The van der Waals surface area contributed by atoms with Gasteiger partial charge in [0.2, 0.25) is 10.0 Å². The number of aliphatic hydroxyl groups excluding tert-OH is 1. The molecule has 0 aliphatic heterocycles. The van der Waals surface area contributed by atoms with Crippen molar-refractivity contribution in [2.24, 2.45) is 0 Å². The number of hydrogen-bond donors (Lipinski definition) is 1. The number of aliphatic hydroxyl groups is 1. The summed E-state index contributed by atoms with van der Waals surface area (Å²) in [5.41, 5.74) is 0. The molecule has 0 aromatic heterocycles. The molecule has 0 saturated heterocycles. The molecular weight excluding hydrogens is 216 g/mol. The van der Waals surface area contributed by atoms with Gasteiger partial charge in [-0.25, -0.2) is 17.2 Å². The number of nitrogens with zero attached hydrogens (tertiary/aromatic N) is 1. The Balaban J connectivity index is 4.64. The summed E-state index contributed by atoms with van der Waals surface area (Å²) in [4.78, 5) is 0. The lowest BCUT2D eigenvalue weighted by Gasteiger charge is -2.22. The molecule has 0 aromatic rings. The van der Waals surface area contributed by atoms with Gasteiger partial charge in [-0.2, -0.15) is 4.31 Å². The molecule has 0 bridgehead atoms. The van der Waals surface area contributed by atoms with Crippen LogP contribution in [0.2, 0.25) is 0 Å². The van der Waals surface area contributed by atoms with E-state index in [9.17, 15) is 17.2 Å². The van der Waals surface area contributed by atoms with Crippen LogP contribution >= 0.6 is 0 Å². The maximum atomic E-state index is 12.0. The molecular formula is C7H15F2NO3S. The highest BCUT2D eigenvalue weighted by atomic mass is 32.2. The van der Waals surface area contributed by atoms with E-state index >= 15 is 0 Å². The molecule has 7 heteroatoms. The fraction of sp³-hybridized carbons (Fsp3) is 1.00. The summed E-state index contributed by atoms with van der Waals surface area (Å²) in [5.74, 6) is 0. The molecule has 0 aliphatic carbocycles. The van der Waals surface area contributed by atoms with Crippen LogP contribution in [0.25, 0.3) is 0 Å². The standard InChI is InChI=1S/C7H15F2NO3S/c1-6(2)14(12,13)10(3-4-11)5-7(8)9/h6-7,11H,3-5H2,1-2H3. The van der Waals surface area contributed by atoms with Crippen molar-refractivity contribution < 1.29 is 22.3 Å². The molecule has 1 N–H and O–H groups in total. The first-order chi connectivity index (χ1) is 6.32. The van der Waals surface area contributed by atoms with Crippen molar-refractivity contribution in [1.82, 2.24) is 4.31 Å². The Morgan fingerprint density at radius 3 is 2.14 bits per heavy atom. The summed E-state index contributed by atoms with van der Waals surface area (Å²) in [7, 11) is -3.70. The Kier molecular flexibility index (Phi) is 5.46. The van der Waals surface area contributed by atoms with E-state index in [1.54, 1.807) is 0 Å². The second kappa shape index (κ2) is 5.57. The minimum absolute atomic E-state index is 0.287. The molecule has 86 valence electrons. The van der Waals surface area contributed by atoms with Gasteiger partial charge in [0.15, 0.2) is 0 Å². The molecule has 4 nitrogen and oxygen atoms in total. The minimum atomic E-state index is -3.70. The summed E-state index contributed by atoms with van der Waals surface area (Å²) in [6, 6.07) is 0. The van der Waals surface area contributed by atoms with Crippen LogP contribution in [0.5, 0.6) is 0 Å². The lowest BCUT2D eigenvalue weighted by Crippen LogP contribution is -2.41. The first-order valence-electron chi connectivity index (χ1n) is 4.20. The molecule has 14 heavy (non-hydrogen) atoms. The van der Waals surface area contributed by atoms with Gasteiger partial charge in [-0.1, -0.05) is 0 Å². The summed E-state index contributed by atoms with van der Waals surface area (Å²) < 4.78 is 47.5. The van der Waals surface area contributed by atoms with Gasteiger partial charge in [0, 0.05) is 6.54 Å². The van der Waals surface area contributed by atoms with Crippen molar-refractivity contribution in [3.05, 3.63) is 0 Å². The first kappa shape index (κ1) is 13.7. The SMILES string of the molecule is CC(C)S(=O)(=O)N(CCO)CC(F)F. The molecule has 0 saturated carbocycles. The van der Waals surface area contributed by atoms with Crippen molar-refractivity contribution in [1.29, 1.82) is 0 Å². The molecule has 0 unspecified atom stereocenters. The van der Waals surface area contributed by atoms with E-state index in [0.29, 0.717) is 4.31 Å². The van der Waals surface area contributed by atoms with Crippen LogP contribution in [0.4, 0.5) is 8.78 Å². The Bertz CT molecular complexity index is 254. The van der Waals surface area contributed by atoms with Gasteiger partial charge in [-0.3, -0.25) is 0 Å². The third kappa shape index (κ3) is 3.85. The predicted molar refractivity (Wildman–Crippen MR) is 48.7 cm³/mol. The molecule has 0 amide bonds. The summed E-state index contributed by atoms with van der Waals surface area (Å²) in [6.45, 7) is 1.21. The van der Waals surface area contributed by atoms with Crippen LogP contribution in [0.1, 0.15) is 13.8 Å². The van der Waals surface area contributed by atoms with E-state index in [1.165, 1.54) is 13.8 Å². The molecule has 0 fully saturated rings. The largest absolute Gasteiger partial charge is 0.395 e. The number of halogens is 2. The average Bonchev–Trinajstić information content (AvgIpc) is 2.02. The van der Waals surface area contributed by atoms with Crippen LogP contribution < -0.4 is 0 Å². The quantitative estimate of drug-likeness (QED) is 0.714.